The number of anilines is 1. The second-order valence-corrected chi connectivity index (χ2v) is 6.07. The van der Waals surface area contributed by atoms with Gasteiger partial charge in [-0.3, -0.25) is 0 Å². The number of halogens is 1. The molecule has 0 saturated carbocycles. The summed E-state index contributed by atoms with van der Waals surface area (Å²) in [5.41, 5.74) is 3.88. The van der Waals surface area contributed by atoms with Crippen LogP contribution in [0.25, 0.3) is 5.52 Å². The zero-order valence-electron chi connectivity index (χ0n) is 13.3. The van der Waals surface area contributed by atoms with Crippen LogP contribution in [0.2, 0.25) is 0 Å². The lowest BCUT2D eigenvalue weighted by Crippen LogP contribution is -2.37. The van der Waals surface area contributed by atoms with Crippen molar-refractivity contribution in [3.8, 4) is 0 Å². The molecule has 0 spiro atoms. The summed E-state index contributed by atoms with van der Waals surface area (Å²) < 4.78 is 15.5. The molecule has 0 aromatic carbocycles. The molecule has 0 amide bonds. The van der Waals surface area contributed by atoms with Gasteiger partial charge in [-0.15, -0.1) is 0 Å². The van der Waals surface area contributed by atoms with E-state index in [1.54, 1.807) is 12.4 Å². The van der Waals surface area contributed by atoms with E-state index < -0.39 is 5.95 Å². The molecule has 5 rings (SSSR count). The highest BCUT2D eigenvalue weighted by atomic mass is 19.1. The molecule has 0 saturated heterocycles. The summed E-state index contributed by atoms with van der Waals surface area (Å²) in [7, 11) is 0. The van der Waals surface area contributed by atoms with Crippen LogP contribution in [-0.4, -0.2) is 31.1 Å². The molecule has 1 aliphatic rings. The molecule has 0 bridgehead atoms. The maximum atomic E-state index is 13.7. The molecular weight excluding hydrogens is 319 g/mol. The fraction of sp³-hybridized carbons (Fsp3) is 0.167. The number of imidazole rings is 1. The average Bonchev–Trinajstić information content (AvgIpc) is 3.27. The predicted octanol–water partition coefficient (Wildman–Crippen LogP) is 2.74. The minimum atomic E-state index is -0.487. The van der Waals surface area contributed by atoms with Gasteiger partial charge in [0, 0.05) is 24.9 Å². The first kappa shape index (κ1) is 14.2. The molecule has 4 aromatic heterocycles. The Kier molecular flexibility index (Phi) is 3.06. The van der Waals surface area contributed by atoms with E-state index in [2.05, 4.69) is 19.9 Å². The van der Waals surface area contributed by atoms with Crippen LogP contribution >= 0.6 is 0 Å². The van der Waals surface area contributed by atoms with Crippen molar-refractivity contribution in [2.24, 2.45) is 0 Å². The maximum absolute atomic E-state index is 13.7. The Morgan fingerprint density at radius 1 is 1.16 bits per heavy atom. The van der Waals surface area contributed by atoms with E-state index in [1.807, 2.05) is 41.0 Å². The number of hydrogen-bond acceptors (Lipinski definition) is 4. The van der Waals surface area contributed by atoms with Gasteiger partial charge in [-0.1, -0.05) is 12.1 Å². The minimum absolute atomic E-state index is 0.204. The Hall–Kier alpha value is -3.22. The fourth-order valence-corrected chi connectivity index (χ4v) is 3.47. The van der Waals surface area contributed by atoms with Crippen molar-refractivity contribution in [1.82, 2.24) is 24.6 Å². The number of rotatable bonds is 2. The topological polar surface area (TPSA) is 62.1 Å². The molecule has 4 aromatic rings. The summed E-state index contributed by atoms with van der Waals surface area (Å²) in [4.78, 5) is 13.9. The second kappa shape index (κ2) is 5.41. The van der Waals surface area contributed by atoms with Crippen molar-refractivity contribution in [2.45, 2.75) is 12.5 Å². The van der Waals surface area contributed by atoms with Crippen molar-refractivity contribution in [1.29, 1.82) is 0 Å². The van der Waals surface area contributed by atoms with Crippen LogP contribution in [0.5, 0.6) is 0 Å². The van der Waals surface area contributed by atoms with Crippen LogP contribution in [0.4, 0.5) is 10.2 Å². The van der Waals surface area contributed by atoms with E-state index in [0.29, 0.717) is 12.4 Å². The third-order valence-corrected chi connectivity index (χ3v) is 4.59. The van der Waals surface area contributed by atoms with Gasteiger partial charge in [0.05, 0.1) is 23.2 Å². The highest BCUT2D eigenvalue weighted by molar-refractivity contribution is 5.53. The molecule has 7 heteroatoms. The monoisotopic (exact) mass is 334 g/mol. The molecule has 6 nitrogen and oxygen atoms in total. The Morgan fingerprint density at radius 3 is 3.00 bits per heavy atom. The van der Waals surface area contributed by atoms with Gasteiger partial charge >= 0.3 is 0 Å². The maximum Gasteiger partial charge on any atom is 0.214 e. The number of nitrogens with zero attached hydrogens (tertiary/aromatic N) is 5. The number of pyridine rings is 2. The standard InChI is InChI=1S/C18H15FN6/c19-15-5-3-6-16(22-15)24-9-7-13-17(21-11-20-13)18(24)14-10-12-4-1-2-8-25(12)23-14/h1-6,8,10-11,18H,7,9H2,(H,20,21)/t18-/m1/s1. The van der Waals surface area contributed by atoms with Crippen molar-refractivity contribution in [3.63, 3.8) is 0 Å². The number of nitrogens with one attached hydrogen (secondary N) is 1. The lowest BCUT2D eigenvalue weighted by atomic mass is 9.99. The number of H-pyrrole nitrogens is 1. The van der Waals surface area contributed by atoms with Crippen molar-refractivity contribution < 1.29 is 4.39 Å². The first-order valence-corrected chi connectivity index (χ1v) is 8.15. The quantitative estimate of drug-likeness (QED) is 0.573. The lowest BCUT2D eigenvalue weighted by molar-refractivity contribution is 0.565. The van der Waals surface area contributed by atoms with Gasteiger partial charge in [-0.2, -0.15) is 9.49 Å². The van der Waals surface area contributed by atoms with Gasteiger partial charge in [0.2, 0.25) is 5.95 Å². The van der Waals surface area contributed by atoms with E-state index in [1.165, 1.54) is 6.07 Å². The SMILES string of the molecule is Fc1cccc(N2CCc3[nH]cnc3[C@H]2c2cc3ccccn3n2)n1. The average molecular weight is 334 g/mol. The molecule has 124 valence electrons. The van der Waals surface area contributed by atoms with Gasteiger partial charge in [0.25, 0.3) is 0 Å². The predicted molar refractivity (Wildman–Crippen MR) is 90.9 cm³/mol. The first-order chi connectivity index (χ1) is 12.3. The molecular formula is C18H15FN6. The van der Waals surface area contributed by atoms with Crippen LogP contribution in [-0.2, 0) is 6.42 Å². The van der Waals surface area contributed by atoms with Crippen molar-refractivity contribution >= 4 is 11.3 Å². The molecule has 1 N–H and O–H groups in total. The van der Waals surface area contributed by atoms with Gasteiger partial charge in [0.1, 0.15) is 11.9 Å². The van der Waals surface area contributed by atoms with Crippen molar-refractivity contribution in [3.05, 3.63) is 78.0 Å². The molecule has 0 fully saturated rings. The Morgan fingerprint density at radius 2 is 2.12 bits per heavy atom. The third-order valence-electron chi connectivity index (χ3n) is 4.59. The van der Waals surface area contributed by atoms with Crippen molar-refractivity contribution in [2.75, 3.05) is 11.4 Å². The summed E-state index contributed by atoms with van der Waals surface area (Å²) >= 11 is 0. The fourth-order valence-electron chi connectivity index (χ4n) is 3.47. The van der Waals surface area contributed by atoms with Crippen LogP contribution < -0.4 is 4.90 Å². The van der Waals surface area contributed by atoms with E-state index in [0.717, 1.165) is 29.0 Å². The molecule has 0 radical (unpaired) electrons. The summed E-state index contributed by atoms with van der Waals surface area (Å²) in [6.07, 6.45) is 4.42. The van der Waals surface area contributed by atoms with Crippen LogP contribution in [0.1, 0.15) is 23.1 Å². The Balaban J connectivity index is 1.68. The van der Waals surface area contributed by atoms with Crippen LogP contribution in [0, 0.1) is 5.95 Å². The summed E-state index contributed by atoms with van der Waals surface area (Å²) in [5.74, 6) is 0.106. The summed E-state index contributed by atoms with van der Waals surface area (Å²) in [5, 5.41) is 4.71. The van der Waals surface area contributed by atoms with E-state index in [-0.39, 0.29) is 6.04 Å². The molecule has 25 heavy (non-hydrogen) atoms. The molecule has 0 unspecified atom stereocenters. The molecule has 1 aliphatic heterocycles. The van der Waals surface area contributed by atoms with E-state index in [4.69, 9.17) is 5.10 Å². The molecule has 1 atom stereocenters. The number of fused-ring (bicyclic) bond motifs is 2. The first-order valence-electron chi connectivity index (χ1n) is 8.15. The van der Waals surface area contributed by atoms with E-state index in [9.17, 15) is 4.39 Å². The second-order valence-electron chi connectivity index (χ2n) is 6.07. The lowest BCUT2D eigenvalue weighted by Gasteiger charge is -2.34. The normalized spacial score (nSPS) is 17.0. The summed E-state index contributed by atoms with van der Waals surface area (Å²) in [6, 6.07) is 12.6. The zero-order valence-corrected chi connectivity index (χ0v) is 13.3. The minimum Gasteiger partial charge on any atom is -0.348 e. The molecule has 0 aliphatic carbocycles. The number of aromatic amines is 1. The largest absolute Gasteiger partial charge is 0.348 e. The van der Waals surface area contributed by atoms with Gasteiger partial charge in [-0.25, -0.2) is 14.5 Å². The zero-order chi connectivity index (χ0) is 16.8. The van der Waals surface area contributed by atoms with Gasteiger partial charge < -0.3 is 9.88 Å². The molecule has 5 heterocycles. The van der Waals surface area contributed by atoms with Crippen LogP contribution in [0.3, 0.4) is 0 Å². The Labute approximate surface area is 143 Å². The summed E-state index contributed by atoms with van der Waals surface area (Å²) in [6.45, 7) is 0.712. The number of hydrogen-bond donors (Lipinski definition) is 1. The smallest absolute Gasteiger partial charge is 0.214 e. The van der Waals surface area contributed by atoms with Gasteiger partial charge in [0.15, 0.2) is 0 Å². The van der Waals surface area contributed by atoms with Crippen LogP contribution in [0.15, 0.2) is 55.0 Å². The van der Waals surface area contributed by atoms with Gasteiger partial charge in [-0.05, 0) is 30.3 Å². The Bertz CT molecular complexity index is 1020. The number of aromatic nitrogens is 5. The highest BCUT2D eigenvalue weighted by Crippen LogP contribution is 2.35. The van der Waals surface area contributed by atoms with E-state index >= 15 is 0 Å². The third kappa shape index (κ3) is 2.27. The highest BCUT2D eigenvalue weighted by Gasteiger charge is 2.33.